The topological polar surface area (TPSA) is 65.1 Å². The summed E-state index contributed by atoms with van der Waals surface area (Å²) in [4.78, 5) is 14.8. The SMILES string of the molecule is O=C(O)C(Cc1c[nH]c2ccccc12)NCCCc1ccccc1. The van der Waals surface area contributed by atoms with Gasteiger partial charge in [-0.15, -0.1) is 0 Å². The van der Waals surface area contributed by atoms with Crippen molar-refractivity contribution in [3.63, 3.8) is 0 Å². The van der Waals surface area contributed by atoms with E-state index in [0.29, 0.717) is 13.0 Å². The predicted octanol–water partition coefficient (Wildman–Crippen LogP) is 3.39. The third-order valence-corrected chi connectivity index (χ3v) is 4.27. The van der Waals surface area contributed by atoms with E-state index in [2.05, 4.69) is 22.4 Å². The monoisotopic (exact) mass is 322 g/mol. The van der Waals surface area contributed by atoms with Gasteiger partial charge in [-0.05, 0) is 36.6 Å². The fourth-order valence-electron chi connectivity index (χ4n) is 2.98. The smallest absolute Gasteiger partial charge is 0.321 e. The van der Waals surface area contributed by atoms with E-state index < -0.39 is 12.0 Å². The standard InChI is InChI=1S/C20H22N2O2/c23-20(24)19(21-12-6-9-15-7-2-1-3-8-15)13-16-14-22-18-11-5-4-10-17(16)18/h1-5,7-8,10-11,14,19,21-22H,6,9,12-13H2,(H,23,24). The number of H-pyrrole nitrogens is 1. The molecule has 0 bridgehead atoms. The van der Waals surface area contributed by atoms with Crippen LogP contribution in [0.3, 0.4) is 0 Å². The molecule has 0 radical (unpaired) electrons. The Bertz CT molecular complexity index is 796. The Kier molecular flexibility index (Phi) is 5.29. The maximum atomic E-state index is 11.6. The van der Waals surface area contributed by atoms with Crippen LogP contribution in [0.25, 0.3) is 10.9 Å². The van der Waals surface area contributed by atoms with Crippen molar-refractivity contribution >= 4 is 16.9 Å². The van der Waals surface area contributed by atoms with Gasteiger partial charge in [-0.2, -0.15) is 0 Å². The first kappa shape index (κ1) is 16.3. The van der Waals surface area contributed by atoms with E-state index in [9.17, 15) is 9.90 Å². The van der Waals surface area contributed by atoms with Gasteiger partial charge in [0.2, 0.25) is 0 Å². The number of carbonyl (C=O) groups is 1. The lowest BCUT2D eigenvalue weighted by Crippen LogP contribution is -2.39. The summed E-state index contributed by atoms with van der Waals surface area (Å²) < 4.78 is 0. The minimum absolute atomic E-state index is 0.477. The lowest BCUT2D eigenvalue weighted by atomic mass is 10.0. The molecule has 1 unspecified atom stereocenters. The number of carboxylic acid groups (broad SMARTS) is 1. The van der Waals surface area contributed by atoms with E-state index in [-0.39, 0.29) is 0 Å². The quantitative estimate of drug-likeness (QED) is 0.557. The highest BCUT2D eigenvalue weighted by Gasteiger charge is 2.18. The zero-order valence-electron chi connectivity index (χ0n) is 13.5. The van der Waals surface area contributed by atoms with Gasteiger partial charge in [0.25, 0.3) is 0 Å². The molecule has 3 N–H and O–H groups in total. The molecule has 124 valence electrons. The Morgan fingerprint density at radius 3 is 2.62 bits per heavy atom. The molecule has 1 atom stereocenters. The van der Waals surface area contributed by atoms with Crippen molar-refractivity contribution in [2.24, 2.45) is 0 Å². The Morgan fingerprint density at radius 1 is 1.08 bits per heavy atom. The van der Waals surface area contributed by atoms with Crippen LogP contribution in [0.5, 0.6) is 0 Å². The molecule has 1 aromatic heterocycles. The van der Waals surface area contributed by atoms with E-state index >= 15 is 0 Å². The first-order valence-corrected chi connectivity index (χ1v) is 8.29. The van der Waals surface area contributed by atoms with Crippen LogP contribution in [-0.4, -0.2) is 28.6 Å². The number of aryl methyl sites for hydroxylation is 1. The Hall–Kier alpha value is -2.59. The second-order valence-corrected chi connectivity index (χ2v) is 6.00. The van der Waals surface area contributed by atoms with Gasteiger partial charge in [0.05, 0.1) is 0 Å². The van der Waals surface area contributed by atoms with Gasteiger partial charge >= 0.3 is 5.97 Å². The summed E-state index contributed by atoms with van der Waals surface area (Å²) in [5.74, 6) is -0.806. The van der Waals surface area contributed by atoms with Gasteiger partial charge < -0.3 is 15.4 Å². The molecule has 0 fully saturated rings. The zero-order valence-corrected chi connectivity index (χ0v) is 13.5. The van der Waals surface area contributed by atoms with Crippen molar-refractivity contribution in [3.8, 4) is 0 Å². The number of aromatic nitrogens is 1. The number of hydrogen-bond acceptors (Lipinski definition) is 2. The summed E-state index contributed by atoms with van der Waals surface area (Å²) >= 11 is 0. The number of aliphatic carboxylic acids is 1. The van der Waals surface area contributed by atoms with Gasteiger partial charge in [0, 0.05) is 23.5 Å². The fourth-order valence-corrected chi connectivity index (χ4v) is 2.98. The molecule has 3 rings (SSSR count). The van der Waals surface area contributed by atoms with Crippen molar-refractivity contribution < 1.29 is 9.90 Å². The molecule has 24 heavy (non-hydrogen) atoms. The third kappa shape index (κ3) is 4.03. The maximum Gasteiger partial charge on any atom is 0.321 e. The average molecular weight is 322 g/mol. The van der Waals surface area contributed by atoms with Crippen LogP contribution in [0.15, 0.2) is 60.8 Å². The molecule has 3 aromatic rings. The van der Waals surface area contributed by atoms with Crippen molar-refractivity contribution in [1.82, 2.24) is 10.3 Å². The lowest BCUT2D eigenvalue weighted by Gasteiger charge is -2.14. The van der Waals surface area contributed by atoms with Crippen LogP contribution in [0.2, 0.25) is 0 Å². The number of aromatic amines is 1. The number of fused-ring (bicyclic) bond motifs is 1. The van der Waals surface area contributed by atoms with Crippen LogP contribution in [0.1, 0.15) is 17.5 Å². The molecular formula is C20H22N2O2. The third-order valence-electron chi connectivity index (χ3n) is 4.27. The van der Waals surface area contributed by atoms with Gasteiger partial charge in [0.15, 0.2) is 0 Å². The van der Waals surface area contributed by atoms with E-state index in [4.69, 9.17) is 0 Å². The summed E-state index contributed by atoms with van der Waals surface area (Å²) in [5.41, 5.74) is 3.36. The van der Waals surface area contributed by atoms with Gasteiger partial charge in [-0.1, -0.05) is 48.5 Å². The van der Waals surface area contributed by atoms with Gasteiger partial charge in [-0.3, -0.25) is 4.79 Å². The summed E-state index contributed by atoms with van der Waals surface area (Å²) in [6.07, 6.45) is 4.26. The van der Waals surface area contributed by atoms with E-state index in [1.807, 2.05) is 48.7 Å². The normalized spacial score (nSPS) is 12.3. The molecule has 0 amide bonds. The maximum absolute atomic E-state index is 11.6. The molecule has 4 nitrogen and oxygen atoms in total. The first-order valence-electron chi connectivity index (χ1n) is 8.29. The largest absolute Gasteiger partial charge is 0.480 e. The molecule has 0 aliphatic rings. The second kappa shape index (κ2) is 7.79. The predicted molar refractivity (Wildman–Crippen MR) is 96.2 cm³/mol. The highest BCUT2D eigenvalue weighted by molar-refractivity contribution is 5.84. The summed E-state index contributed by atoms with van der Waals surface area (Å²) in [7, 11) is 0. The number of para-hydroxylation sites is 1. The molecule has 0 saturated heterocycles. The highest BCUT2D eigenvalue weighted by Crippen LogP contribution is 2.19. The van der Waals surface area contributed by atoms with Crippen LogP contribution in [-0.2, 0) is 17.6 Å². The second-order valence-electron chi connectivity index (χ2n) is 6.00. The lowest BCUT2D eigenvalue weighted by molar-refractivity contribution is -0.139. The van der Waals surface area contributed by atoms with Crippen LogP contribution >= 0.6 is 0 Å². The Morgan fingerprint density at radius 2 is 1.83 bits per heavy atom. The van der Waals surface area contributed by atoms with Crippen LogP contribution in [0, 0.1) is 0 Å². The first-order chi connectivity index (χ1) is 11.7. The molecule has 0 aliphatic carbocycles. The number of rotatable bonds is 8. The fraction of sp³-hybridized carbons (Fsp3) is 0.250. The summed E-state index contributed by atoms with van der Waals surface area (Å²) in [6, 6.07) is 17.7. The highest BCUT2D eigenvalue weighted by atomic mass is 16.4. The van der Waals surface area contributed by atoms with Crippen molar-refractivity contribution in [1.29, 1.82) is 0 Å². The molecule has 4 heteroatoms. The van der Waals surface area contributed by atoms with Crippen molar-refractivity contribution in [2.45, 2.75) is 25.3 Å². The molecule has 0 saturated carbocycles. The van der Waals surface area contributed by atoms with Crippen LogP contribution < -0.4 is 5.32 Å². The number of nitrogens with one attached hydrogen (secondary N) is 2. The molecular weight excluding hydrogens is 300 g/mol. The number of hydrogen-bond donors (Lipinski definition) is 3. The molecule has 0 spiro atoms. The van der Waals surface area contributed by atoms with E-state index in [0.717, 1.165) is 29.3 Å². The van der Waals surface area contributed by atoms with Crippen LogP contribution in [0.4, 0.5) is 0 Å². The summed E-state index contributed by atoms with van der Waals surface area (Å²) in [6.45, 7) is 0.689. The van der Waals surface area contributed by atoms with Crippen molar-refractivity contribution in [2.75, 3.05) is 6.54 Å². The molecule has 1 heterocycles. The minimum atomic E-state index is -0.806. The summed E-state index contributed by atoms with van der Waals surface area (Å²) in [5, 5.41) is 13.8. The Labute approximate surface area is 141 Å². The van der Waals surface area contributed by atoms with E-state index in [1.165, 1.54) is 5.56 Å². The zero-order chi connectivity index (χ0) is 16.8. The van der Waals surface area contributed by atoms with E-state index in [1.54, 1.807) is 0 Å². The number of carboxylic acids is 1. The number of benzene rings is 2. The molecule has 2 aromatic carbocycles. The molecule has 0 aliphatic heterocycles. The van der Waals surface area contributed by atoms with Crippen molar-refractivity contribution in [3.05, 3.63) is 71.9 Å². The van der Waals surface area contributed by atoms with Gasteiger partial charge in [-0.25, -0.2) is 0 Å². The van der Waals surface area contributed by atoms with Gasteiger partial charge in [0.1, 0.15) is 6.04 Å². The minimum Gasteiger partial charge on any atom is -0.480 e. The average Bonchev–Trinajstić information content (AvgIpc) is 3.01. The Balaban J connectivity index is 1.56.